The van der Waals surface area contributed by atoms with E-state index in [9.17, 15) is 24.3 Å². The maximum absolute atomic E-state index is 14.0. The molecule has 2 atom stereocenters. The van der Waals surface area contributed by atoms with Crippen molar-refractivity contribution < 1.29 is 33.9 Å². The van der Waals surface area contributed by atoms with Crippen LogP contribution in [0.4, 0.5) is 5.13 Å². The van der Waals surface area contributed by atoms with Gasteiger partial charge in [0.25, 0.3) is 11.8 Å². The largest absolute Gasteiger partial charge is 0.477 e. The number of esters is 1. The number of ether oxygens (including phenoxy) is 1. The van der Waals surface area contributed by atoms with Crippen molar-refractivity contribution in [3.8, 4) is 0 Å². The highest BCUT2D eigenvalue weighted by atomic mass is 32.2. The van der Waals surface area contributed by atoms with Gasteiger partial charge in [0.2, 0.25) is 6.61 Å². The lowest BCUT2D eigenvalue weighted by molar-refractivity contribution is -0.160. The van der Waals surface area contributed by atoms with E-state index in [4.69, 9.17) is 20.1 Å². The summed E-state index contributed by atoms with van der Waals surface area (Å²) in [5.74, 6) is -3.43. The van der Waals surface area contributed by atoms with Crippen LogP contribution in [0.25, 0.3) is 10.4 Å². The second-order valence-electron chi connectivity index (χ2n) is 13.3. The Balaban J connectivity index is 1.33. The van der Waals surface area contributed by atoms with E-state index in [1.165, 1.54) is 23.1 Å². The predicted molar refractivity (Wildman–Crippen MR) is 207 cm³/mol. The quantitative estimate of drug-likeness (QED) is 0.0209. The molecule has 282 valence electrons. The van der Waals surface area contributed by atoms with Gasteiger partial charge in [-0.3, -0.25) is 14.5 Å². The Labute approximate surface area is 324 Å². The molecule has 6 rings (SSSR count). The molecule has 4 aromatic rings. The highest BCUT2D eigenvalue weighted by Gasteiger charge is 2.54. The SMILES string of the molecule is CC(C)(C)OC(=O)CO/N=C(/C(=O)NC1C(=O)N2C(C(=O)O)=C(CN=[N+]=[N-])CS[C@H]12)c1csc(NC(c2ccccc2)(c2ccccc2)c2ccccc2)n1. The van der Waals surface area contributed by atoms with E-state index in [0.717, 1.165) is 21.6 Å². The van der Waals surface area contributed by atoms with Crippen molar-refractivity contribution in [2.75, 3.05) is 24.2 Å². The number of nitrogens with zero attached hydrogens (tertiary/aromatic N) is 6. The Morgan fingerprint density at radius 1 is 0.982 bits per heavy atom. The van der Waals surface area contributed by atoms with Gasteiger partial charge in [-0.15, -0.1) is 23.1 Å². The van der Waals surface area contributed by atoms with Crippen molar-refractivity contribution in [3.63, 3.8) is 0 Å². The molecule has 1 aromatic heterocycles. The van der Waals surface area contributed by atoms with Gasteiger partial charge in [-0.2, -0.15) is 0 Å². The lowest BCUT2D eigenvalue weighted by Crippen LogP contribution is -2.71. The lowest BCUT2D eigenvalue weighted by atomic mass is 9.77. The van der Waals surface area contributed by atoms with Crippen molar-refractivity contribution in [2.45, 2.75) is 43.3 Å². The first-order valence-electron chi connectivity index (χ1n) is 17.0. The van der Waals surface area contributed by atoms with Crippen LogP contribution >= 0.6 is 23.1 Å². The first kappa shape index (κ1) is 38.6. The third-order valence-corrected chi connectivity index (χ3v) is 10.6. The Kier molecular flexibility index (Phi) is 11.5. The van der Waals surface area contributed by atoms with Crippen LogP contribution in [0, 0.1) is 0 Å². The van der Waals surface area contributed by atoms with Crippen molar-refractivity contribution in [2.24, 2.45) is 10.3 Å². The third-order valence-electron chi connectivity index (χ3n) is 8.50. The van der Waals surface area contributed by atoms with Gasteiger partial charge in [-0.05, 0) is 48.6 Å². The minimum Gasteiger partial charge on any atom is -0.477 e. The first-order chi connectivity index (χ1) is 26.4. The Morgan fingerprint density at radius 2 is 1.56 bits per heavy atom. The summed E-state index contributed by atoms with van der Waals surface area (Å²) in [6.45, 7) is 4.26. The smallest absolute Gasteiger partial charge is 0.352 e. The summed E-state index contributed by atoms with van der Waals surface area (Å²) in [6, 6.07) is 28.5. The van der Waals surface area contributed by atoms with E-state index < -0.39 is 52.9 Å². The fourth-order valence-corrected chi connectivity index (χ4v) is 8.32. The zero-order valence-corrected chi connectivity index (χ0v) is 31.5. The highest BCUT2D eigenvalue weighted by Crippen LogP contribution is 2.42. The maximum atomic E-state index is 14.0. The Bertz CT molecular complexity index is 2090. The van der Waals surface area contributed by atoms with E-state index in [0.29, 0.717) is 5.13 Å². The minimum atomic E-state index is -1.36. The molecule has 3 N–H and O–H groups in total. The number of aromatic nitrogens is 1. The number of amides is 2. The van der Waals surface area contributed by atoms with Gasteiger partial charge in [0.1, 0.15) is 33.9 Å². The number of carbonyl (C=O) groups excluding carboxylic acids is 3. The summed E-state index contributed by atoms with van der Waals surface area (Å²) < 4.78 is 5.31. The monoisotopic (exact) mass is 780 g/mol. The van der Waals surface area contributed by atoms with Crippen LogP contribution in [0.5, 0.6) is 0 Å². The van der Waals surface area contributed by atoms with E-state index in [1.54, 1.807) is 26.2 Å². The van der Waals surface area contributed by atoms with Crippen LogP contribution in [-0.4, -0.2) is 80.4 Å². The molecule has 0 bridgehead atoms. The molecular weight excluding hydrogens is 745 g/mol. The maximum Gasteiger partial charge on any atom is 0.352 e. The highest BCUT2D eigenvalue weighted by molar-refractivity contribution is 8.00. The summed E-state index contributed by atoms with van der Waals surface area (Å²) >= 11 is 2.42. The number of thioether (sulfide) groups is 1. The van der Waals surface area contributed by atoms with Gasteiger partial charge in [-0.25, -0.2) is 14.6 Å². The van der Waals surface area contributed by atoms with Crippen molar-refractivity contribution in [1.82, 2.24) is 15.2 Å². The van der Waals surface area contributed by atoms with Gasteiger partial charge in [0, 0.05) is 16.0 Å². The van der Waals surface area contributed by atoms with Gasteiger partial charge >= 0.3 is 11.9 Å². The summed E-state index contributed by atoms with van der Waals surface area (Å²) in [5.41, 5.74) is 9.54. The molecule has 1 unspecified atom stereocenters. The average Bonchev–Trinajstić information content (AvgIpc) is 3.64. The average molecular weight is 781 g/mol. The number of aliphatic carboxylic acids is 1. The molecule has 2 amide bonds. The van der Waals surface area contributed by atoms with Crippen LogP contribution in [0.1, 0.15) is 43.2 Å². The van der Waals surface area contributed by atoms with E-state index in [-0.39, 0.29) is 35.0 Å². The van der Waals surface area contributed by atoms with Crippen LogP contribution in [0.15, 0.2) is 118 Å². The van der Waals surface area contributed by atoms with Gasteiger partial charge in [0.15, 0.2) is 10.8 Å². The number of azide groups is 1. The normalized spacial score (nSPS) is 17.0. The van der Waals surface area contributed by atoms with E-state index >= 15 is 0 Å². The van der Waals surface area contributed by atoms with Crippen molar-refractivity contribution in [3.05, 3.63) is 140 Å². The number of carboxylic acid groups (broad SMARTS) is 1. The number of benzene rings is 3. The number of carbonyl (C=O) groups is 4. The van der Waals surface area contributed by atoms with Crippen LogP contribution in [-0.2, 0) is 34.3 Å². The van der Waals surface area contributed by atoms with E-state index in [2.05, 4.69) is 25.8 Å². The van der Waals surface area contributed by atoms with Crippen LogP contribution in [0.2, 0.25) is 0 Å². The Morgan fingerprint density at radius 3 is 2.09 bits per heavy atom. The topological polar surface area (TPSA) is 208 Å². The van der Waals surface area contributed by atoms with Crippen molar-refractivity contribution >= 4 is 57.7 Å². The lowest BCUT2D eigenvalue weighted by Gasteiger charge is -2.49. The molecule has 55 heavy (non-hydrogen) atoms. The molecule has 2 aliphatic heterocycles. The molecule has 3 heterocycles. The van der Waals surface area contributed by atoms with Crippen molar-refractivity contribution in [1.29, 1.82) is 0 Å². The number of carboxylic acids is 1. The molecule has 17 heteroatoms. The zero-order chi connectivity index (χ0) is 39.2. The first-order valence-corrected chi connectivity index (χ1v) is 18.9. The number of rotatable bonds is 14. The number of nitrogens with one attached hydrogen (secondary N) is 2. The van der Waals surface area contributed by atoms with Gasteiger partial charge in [-0.1, -0.05) is 101 Å². The summed E-state index contributed by atoms with van der Waals surface area (Å²) in [4.78, 5) is 65.8. The summed E-state index contributed by atoms with van der Waals surface area (Å²) in [7, 11) is 0. The number of anilines is 1. The van der Waals surface area contributed by atoms with Crippen LogP contribution in [0.3, 0.4) is 0 Å². The minimum absolute atomic E-state index is 0.0833. The number of hydrogen-bond acceptors (Lipinski definition) is 12. The summed E-state index contributed by atoms with van der Waals surface area (Å²) in [5, 5.41) is 24.9. The van der Waals surface area contributed by atoms with Gasteiger partial charge in [0.05, 0.1) is 6.54 Å². The molecular formula is C38H36N8O7S2. The third kappa shape index (κ3) is 8.33. The molecule has 0 radical (unpaired) electrons. The number of thiazole rings is 1. The molecule has 0 spiro atoms. The molecule has 0 saturated carbocycles. The second kappa shape index (κ2) is 16.5. The number of hydrogen-bond donors (Lipinski definition) is 3. The predicted octanol–water partition coefficient (Wildman–Crippen LogP) is 5.66. The second-order valence-corrected chi connectivity index (χ2v) is 15.3. The number of fused-ring (bicyclic) bond motifs is 1. The molecule has 3 aromatic carbocycles. The molecule has 2 aliphatic rings. The fraction of sp³-hybridized carbons (Fsp3) is 0.263. The molecule has 1 fully saturated rings. The molecule has 15 nitrogen and oxygen atoms in total. The number of oxime groups is 1. The standard InChI is InChI=1S/C38H36N8O7S2/c1-37(2,3)53-28(47)20-52-44-29(32(48)42-30-33(49)46-31(35(50)51)23(19-40-45-39)21-54-34(30)46)27-22-55-36(41-27)43-38(24-13-7-4-8-14-24,25-15-9-5-10-16-25)26-17-11-6-12-18-26/h4-18,22,30,34H,19-21H2,1-3H3,(H,41,43)(H,42,48)(H,50,51)/b44-29+/t30?,34-/m1/s1. The zero-order valence-electron chi connectivity index (χ0n) is 29.9. The number of β-lactam (4-membered cyclic amide) rings is 1. The van der Waals surface area contributed by atoms with E-state index in [1.807, 2.05) is 91.0 Å². The summed E-state index contributed by atoms with van der Waals surface area (Å²) in [6.07, 6.45) is 0. The van der Waals surface area contributed by atoms with Crippen LogP contribution < -0.4 is 10.6 Å². The fourth-order valence-electron chi connectivity index (χ4n) is 6.24. The molecule has 0 aliphatic carbocycles. The Hall–Kier alpha value is -6.16. The molecule has 1 saturated heterocycles. The van der Waals surface area contributed by atoms with Gasteiger partial charge < -0.3 is 25.3 Å².